The van der Waals surface area contributed by atoms with E-state index >= 15 is 0 Å². The molecule has 27 heavy (non-hydrogen) atoms. The summed E-state index contributed by atoms with van der Waals surface area (Å²) in [4.78, 5) is 4.47. The fraction of sp³-hybridized carbons (Fsp3) is 0.600. The van der Waals surface area contributed by atoms with Gasteiger partial charge in [0.25, 0.3) is 0 Å². The number of hydrogen-bond donors (Lipinski definition) is 1. The number of nitrogens with zero attached hydrogens (tertiary/aromatic N) is 2. The van der Waals surface area contributed by atoms with Crippen molar-refractivity contribution in [1.29, 1.82) is 0 Å². The molecular formula is C20H26F3N3O. The van der Waals surface area contributed by atoms with E-state index in [0.717, 1.165) is 62.5 Å². The molecule has 148 valence electrons. The Labute approximate surface area is 158 Å². The Morgan fingerprint density at radius 3 is 2.85 bits per heavy atom. The average molecular weight is 381 g/mol. The molecule has 1 unspecified atom stereocenters. The van der Waals surface area contributed by atoms with E-state index in [2.05, 4.69) is 22.2 Å². The number of likely N-dealkylation sites (N-methyl/N-ethyl adjacent to an activating group) is 1. The lowest BCUT2D eigenvalue weighted by molar-refractivity contribution is 0.158. The molecule has 2 atom stereocenters. The van der Waals surface area contributed by atoms with Crippen molar-refractivity contribution in [3.8, 4) is 0 Å². The molecule has 0 radical (unpaired) electrons. The highest BCUT2D eigenvalue weighted by Gasteiger charge is 2.36. The second-order valence-electron chi connectivity index (χ2n) is 7.74. The Balaban J connectivity index is 1.39. The highest BCUT2D eigenvalue weighted by Crippen LogP contribution is 2.40. The van der Waals surface area contributed by atoms with E-state index < -0.39 is 17.5 Å². The zero-order valence-electron chi connectivity index (χ0n) is 15.6. The molecule has 1 aromatic carbocycles. The molecule has 0 amide bonds. The number of rotatable bonds is 6. The molecule has 0 bridgehead atoms. The Morgan fingerprint density at radius 1 is 1.26 bits per heavy atom. The van der Waals surface area contributed by atoms with E-state index in [0.29, 0.717) is 25.7 Å². The maximum Gasteiger partial charge on any atom is 0.165 e. The molecule has 2 fully saturated rings. The SMILES string of the molecule is CN(CCCC1=C2C[C@H](c3c(F)ccc(F)c3F)CN2CN1)C1CCOC1. The first-order chi connectivity index (χ1) is 13.0. The van der Waals surface area contributed by atoms with Gasteiger partial charge < -0.3 is 19.9 Å². The van der Waals surface area contributed by atoms with E-state index in [-0.39, 0.29) is 11.5 Å². The monoisotopic (exact) mass is 381 g/mol. The molecule has 0 aliphatic carbocycles. The predicted molar refractivity (Wildman–Crippen MR) is 96.5 cm³/mol. The van der Waals surface area contributed by atoms with Gasteiger partial charge in [-0.25, -0.2) is 13.2 Å². The van der Waals surface area contributed by atoms with E-state index in [1.54, 1.807) is 0 Å². The molecule has 1 aromatic rings. The van der Waals surface area contributed by atoms with Crippen molar-refractivity contribution in [2.24, 2.45) is 0 Å². The topological polar surface area (TPSA) is 27.7 Å². The molecule has 2 saturated heterocycles. The van der Waals surface area contributed by atoms with Crippen molar-refractivity contribution < 1.29 is 17.9 Å². The third-order valence-corrected chi connectivity index (χ3v) is 6.05. The maximum atomic E-state index is 14.1. The van der Waals surface area contributed by atoms with Gasteiger partial charge in [-0.2, -0.15) is 0 Å². The Hall–Kier alpha value is -1.73. The first-order valence-electron chi connectivity index (χ1n) is 9.67. The minimum absolute atomic E-state index is 0.114. The molecule has 3 aliphatic heterocycles. The van der Waals surface area contributed by atoms with Crippen molar-refractivity contribution in [3.63, 3.8) is 0 Å². The largest absolute Gasteiger partial charge is 0.380 e. The third kappa shape index (κ3) is 3.67. The van der Waals surface area contributed by atoms with E-state index in [1.807, 2.05) is 0 Å². The molecule has 4 rings (SSSR count). The van der Waals surface area contributed by atoms with E-state index in [4.69, 9.17) is 4.74 Å². The number of allylic oxidation sites excluding steroid dienone is 2. The number of nitrogens with one attached hydrogen (secondary N) is 1. The fourth-order valence-electron chi connectivity index (χ4n) is 4.47. The lowest BCUT2D eigenvalue weighted by Crippen LogP contribution is -2.32. The second-order valence-corrected chi connectivity index (χ2v) is 7.74. The normalized spacial score (nSPS) is 24.9. The zero-order valence-corrected chi connectivity index (χ0v) is 15.6. The summed E-state index contributed by atoms with van der Waals surface area (Å²) in [7, 11) is 2.13. The standard InChI is InChI=1S/C20H26F3N3O/c1-25(14-6-8-27-11-14)7-2-3-17-18-9-13(10-26(18)12-24-17)19-15(21)4-5-16(22)20(19)23/h4-5,13-14,24H,2-3,6-12H2,1H3/t13-,14?/m0/s1. The van der Waals surface area contributed by atoms with Crippen molar-refractivity contribution in [3.05, 3.63) is 46.5 Å². The molecule has 4 nitrogen and oxygen atoms in total. The predicted octanol–water partition coefficient (Wildman–Crippen LogP) is 3.17. The van der Waals surface area contributed by atoms with Gasteiger partial charge in [-0.3, -0.25) is 0 Å². The summed E-state index contributed by atoms with van der Waals surface area (Å²) in [5, 5.41) is 3.42. The van der Waals surface area contributed by atoms with Crippen LogP contribution in [0, 0.1) is 17.5 Å². The summed E-state index contributed by atoms with van der Waals surface area (Å²) in [5.74, 6) is -3.02. The average Bonchev–Trinajstić information content (AvgIpc) is 3.37. The van der Waals surface area contributed by atoms with Gasteiger partial charge in [-0.1, -0.05) is 0 Å². The highest BCUT2D eigenvalue weighted by atomic mass is 19.2. The third-order valence-electron chi connectivity index (χ3n) is 6.05. The second kappa shape index (κ2) is 7.72. The highest BCUT2D eigenvalue weighted by molar-refractivity contribution is 5.32. The molecule has 3 aliphatic rings. The summed E-state index contributed by atoms with van der Waals surface area (Å²) >= 11 is 0. The lowest BCUT2D eigenvalue weighted by atomic mass is 9.95. The van der Waals surface area contributed by atoms with E-state index in [9.17, 15) is 13.2 Å². The molecular weight excluding hydrogens is 355 g/mol. The van der Waals surface area contributed by atoms with Crippen LogP contribution in [0.3, 0.4) is 0 Å². The number of benzene rings is 1. The number of hydrogen-bond acceptors (Lipinski definition) is 4. The van der Waals surface area contributed by atoms with Gasteiger partial charge in [-0.05, 0) is 51.4 Å². The van der Waals surface area contributed by atoms with Gasteiger partial charge >= 0.3 is 0 Å². The smallest absolute Gasteiger partial charge is 0.165 e. The van der Waals surface area contributed by atoms with Crippen LogP contribution in [0.15, 0.2) is 23.5 Å². The van der Waals surface area contributed by atoms with Gasteiger partial charge in [-0.15, -0.1) is 0 Å². The van der Waals surface area contributed by atoms with Crippen LogP contribution in [0.25, 0.3) is 0 Å². The number of halogens is 3. The van der Waals surface area contributed by atoms with Crippen LogP contribution in [-0.4, -0.2) is 55.9 Å². The summed E-state index contributed by atoms with van der Waals surface area (Å²) in [6, 6.07) is 2.38. The number of fused-ring (bicyclic) bond motifs is 1. The van der Waals surface area contributed by atoms with Crippen LogP contribution in [0.5, 0.6) is 0 Å². The van der Waals surface area contributed by atoms with Crippen LogP contribution < -0.4 is 5.32 Å². The zero-order chi connectivity index (χ0) is 19.0. The van der Waals surface area contributed by atoms with Gasteiger partial charge in [0.15, 0.2) is 11.6 Å². The molecule has 0 saturated carbocycles. The van der Waals surface area contributed by atoms with Crippen molar-refractivity contribution in [2.45, 2.75) is 37.6 Å². The van der Waals surface area contributed by atoms with Crippen molar-refractivity contribution in [1.82, 2.24) is 15.1 Å². The molecule has 3 heterocycles. The summed E-state index contributed by atoms with van der Waals surface area (Å²) in [6.45, 7) is 3.82. The maximum absolute atomic E-state index is 14.1. The first-order valence-corrected chi connectivity index (χ1v) is 9.67. The van der Waals surface area contributed by atoms with Crippen molar-refractivity contribution >= 4 is 0 Å². The van der Waals surface area contributed by atoms with Gasteiger partial charge in [0.1, 0.15) is 5.82 Å². The Bertz CT molecular complexity index is 733. The molecule has 0 aromatic heterocycles. The summed E-state index contributed by atoms with van der Waals surface area (Å²) < 4.78 is 47.3. The summed E-state index contributed by atoms with van der Waals surface area (Å²) in [6.07, 6.45) is 3.56. The van der Waals surface area contributed by atoms with Crippen LogP contribution >= 0.6 is 0 Å². The molecule has 1 N–H and O–H groups in total. The van der Waals surface area contributed by atoms with Crippen LogP contribution in [-0.2, 0) is 4.74 Å². The molecule has 7 heteroatoms. The fourth-order valence-corrected chi connectivity index (χ4v) is 4.47. The van der Waals surface area contributed by atoms with Gasteiger partial charge in [0, 0.05) is 42.1 Å². The summed E-state index contributed by atoms with van der Waals surface area (Å²) in [5.41, 5.74) is 2.16. The van der Waals surface area contributed by atoms with E-state index in [1.165, 1.54) is 0 Å². The van der Waals surface area contributed by atoms with Crippen LogP contribution in [0.2, 0.25) is 0 Å². The van der Waals surface area contributed by atoms with Crippen LogP contribution in [0.4, 0.5) is 13.2 Å². The van der Waals surface area contributed by atoms with Crippen molar-refractivity contribution in [2.75, 3.05) is 40.0 Å². The quantitative estimate of drug-likeness (QED) is 0.766. The first kappa shape index (κ1) is 18.6. The van der Waals surface area contributed by atoms with Gasteiger partial charge in [0.2, 0.25) is 0 Å². The molecule has 0 spiro atoms. The van der Waals surface area contributed by atoms with Crippen LogP contribution in [0.1, 0.15) is 37.2 Å². The number of ether oxygens (including phenoxy) is 1. The van der Waals surface area contributed by atoms with Gasteiger partial charge in [0.05, 0.1) is 13.3 Å². The minimum atomic E-state index is -1.04. The minimum Gasteiger partial charge on any atom is -0.380 e. The Kier molecular flexibility index (Phi) is 5.32. The Morgan fingerprint density at radius 2 is 2.07 bits per heavy atom. The lowest BCUT2D eigenvalue weighted by Gasteiger charge is -2.22.